The predicted octanol–water partition coefficient (Wildman–Crippen LogP) is 2.21. The van der Waals surface area contributed by atoms with E-state index in [1.807, 2.05) is 49.2 Å². The fourth-order valence-corrected chi connectivity index (χ4v) is 3.83. The Kier molecular flexibility index (Phi) is 5.51. The van der Waals surface area contributed by atoms with Gasteiger partial charge >= 0.3 is 6.03 Å². The molecule has 1 atom stereocenters. The molecule has 7 heteroatoms. The predicted molar refractivity (Wildman–Crippen MR) is 101 cm³/mol. The highest BCUT2D eigenvalue weighted by Crippen LogP contribution is 2.35. The second-order valence-corrected chi connectivity index (χ2v) is 7.87. The molecule has 1 aliphatic carbocycles. The van der Waals surface area contributed by atoms with Crippen LogP contribution in [0.25, 0.3) is 0 Å². The van der Waals surface area contributed by atoms with Crippen LogP contribution in [-0.4, -0.2) is 46.9 Å². The van der Waals surface area contributed by atoms with Gasteiger partial charge < -0.3 is 5.32 Å². The normalized spacial score (nSPS) is 26.4. The summed E-state index contributed by atoms with van der Waals surface area (Å²) < 4.78 is 0. The number of hydrogen-bond acceptors (Lipinski definition) is 4. The van der Waals surface area contributed by atoms with Crippen LogP contribution in [-0.2, 0) is 9.59 Å². The average Bonchev–Trinajstić information content (AvgIpc) is 2.88. The van der Waals surface area contributed by atoms with E-state index < -0.39 is 11.6 Å². The molecule has 1 aliphatic heterocycles. The number of amides is 4. The SMILES string of the molecule is CC1CCC2(CC1)NC(=O)N(NC(=O)CN(C)[C@H](C)c1ccccc1)C2=O. The third-order valence-electron chi connectivity index (χ3n) is 5.86. The van der Waals surface area contributed by atoms with E-state index in [-0.39, 0.29) is 24.4 Å². The summed E-state index contributed by atoms with van der Waals surface area (Å²) in [7, 11) is 1.84. The minimum Gasteiger partial charge on any atom is -0.322 e. The number of hydrazine groups is 1. The second-order valence-electron chi connectivity index (χ2n) is 7.87. The van der Waals surface area contributed by atoms with Crippen molar-refractivity contribution in [1.29, 1.82) is 0 Å². The Morgan fingerprint density at radius 2 is 1.93 bits per heavy atom. The van der Waals surface area contributed by atoms with Crippen molar-refractivity contribution in [1.82, 2.24) is 20.7 Å². The van der Waals surface area contributed by atoms with Gasteiger partial charge in [-0.15, -0.1) is 0 Å². The lowest BCUT2D eigenvalue weighted by Gasteiger charge is -2.33. The molecule has 2 aliphatic rings. The van der Waals surface area contributed by atoms with E-state index in [1.54, 1.807) is 0 Å². The first-order valence-electron chi connectivity index (χ1n) is 9.54. The van der Waals surface area contributed by atoms with Crippen LogP contribution in [0.2, 0.25) is 0 Å². The largest absolute Gasteiger partial charge is 0.344 e. The molecule has 1 aromatic rings. The minimum absolute atomic E-state index is 0.0335. The van der Waals surface area contributed by atoms with Gasteiger partial charge in [-0.1, -0.05) is 37.3 Å². The van der Waals surface area contributed by atoms with Crippen LogP contribution in [0.15, 0.2) is 30.3 Å². The van der Waals surface area contributed by atoms with E-state index in [0.717, 1.165) is 23.4 Å². The monoisotopic (exact) mass is 372 g/mol. The van der Waals surface area contributed by atoms with E-state index in [0.29, 0.717) is 18.8 Å². The minimum atomic E-state index is -0.847. The lowest BCUT2D eigenvalue weighted by atomic mass is 9.77. The van der Waals surface area contributed by atoms with Gasteiger partial charge in [0.2, 0.25) is 0 Å². The number of likely N-dealkylation sites (N-methyl/N-ethyl adjacent to an activating group) is 1. The first-order chi connectivity index (χ1) is 12.8. The lowest BCUT2D eigenvalue weighted by Crippen LogP contribution is -2.52. The summed E-state index contributed by atoms with van der Waals surface area (Å²) >= 11 is 0. The standard InChI is InChI=1S/C20H28N4O3/c1-14-9-11-20(12-10-14)18(26)24(19(27)21-20)22-17(25)13-23(3)15(2)16-7-5-4-6-8-16/h4-8,14-15H,9-13H2,1-3H3,(H,21,27)(H,22,25)/t14?,15-,20?/m1/s1. The number of nitrogens with one attached hydrogen (secondary N) is 2. The number of nitrogens with zero attached hydrogens (tertiary/aromatic N) is 2. The van der Waals surface area contributed by atoms with Gasteiger partial charge in [-0.2, -0.15) is 5.01 Å². The third-order valence-corrected chi connectivity index (χ3v) is 5.86. The molecular weight excluding hydrogens is 344 g/mol. The van der Waals surface area contributed by atoms with Crippen molar-refractivity contribution in [2.45, 2.75) is 51.1 Å². The molecule has 2 fully saturated rings. The summed E-state index contributed by atoms with van der Waals surface area (Å²) in [5.74, 6) is -0.173. The van der Waals surface area contributed by atoms with Gasteiger partial charge in [-0.3, -0.25) is 19.9 Å². The summed E-state index contributed by atoms with van der Waals surface area (Å²) in [5.41, 5.74) is 2.74. The van der Waals surface area contributed by atoms with Gasteiger partial charge in [-0.05, 0) is 51.1 Å². The molecule has 1 saturated carbocycles. The molecule has 146 valence electrons. The average molecular weight is 372 g/mol. The van der Waals surface area contributed by atoms with Crippen LogP contribution in [0.1, 0.15) is 51.1 Å². The van der Waals surface area contributed by atoms with Crippen molar-refractivity contribution in [3.63, 3.8) is 0 Å². The molecule has 7 nitrogen and oxygen atoms in total. The Labute approximate surface area is 160 Å². The second kappa shape index (κ2) is 7.68. The van der Waals surface area contributed by atoms with Crippen LogP contribution in [0.3, 0.4) is 0 Å². The summed E-state index contributed by atoms with van der Waals surface area (Å²) in [6.07, 6.45) is 3.03. The molecule has 0 aromatic heterocycles. The zero-order chi connectivity index (χ0) is 19.6. The molecule has 1 saturated heterocycles. The summed E-state index contributed by atoms with van der Waals surface area (Å²) in [5, 5.41) is 3.67. The first-order valence-corrected chi connectivity index (χ1v) is 9.54. The fourth-order valence-electron chi connectivity index (χ4n) is 3.83. The van der Waals surface area contributed by atoms with E-state index in [1.165, 1.54) is 0 Å². The van der Waals surface area contributed by atoms with E-state index in [4.69, 9.17) is 0 Å². The fraction of sp³-hybridized carbons (Fsp3) is 0.550. The van der Waals surface area contributed by atoms with Crippen molar-refractivity contribution in [2.75, 3.05) is 13.6 Å². The number of rotatable bonds is 5. The number of imide groups is 1. The van der Waals surface area contributed by atoms with E-state index >= 15 is 0 Å². The highest BCUT2D eigenvalue weighted by atomic mass is 16.2. The Hall–Kier alpha value is -2.41. The van der Waals surface area contributed by atoms with Crippen LogP contribution < -0.4 is 10.7 Å². The van der Waals surface area contributed by atoms with Crippen LogP contribution in [0.5, 0.6) is 0 Å². The number of carbonyl (C=O) groups is 3. The number of carbonyl (C=O) groups excluding carboxylic acids is 3. The van der Waals surface area contributed by atoms with Gasteiger partial charge in [0.1, 0.15) is 5.54 Å². The van der Waals surface area contributed by atoms with Gasteiger partial charge in [0, 0.05) is 6.04 Å². The summed E-state index contributed by atoms with van der Waals surface area (Å²) in [6.45, 7) is 4.24. The highest BCUT2D eigenvalue weighted by molar-refractivity contribution is 6.08. The number of hydrogen-bond donors (Lipinski definition) is 2. The highest BCUT2D eigenvalue weighted by Gasteiger charge is 2.52. The van der Waals surface area contributed by atoms with E-state index in [2.05, 4.69) is 17.7 Å². The van der Waals surface area contributed by atoms with Crippen molar-refractivity contribution in [3.8, 4) is 0 Å². The topological polar surface area (TPSA) is 81.8 Å². The van der Waals surface area contributed by atoms with Crippen LogP contribution in [0.4, 0.5) is 4.79 Å². The lowest BCUT2D eigenvalue weighted by molar-refractivity contribution is -0.140. The van der Waals surface area contributed by atoms with Crippen LogP contribution in [0, 0.1) is 5.92 Å². The zero-order valence-corrected chi connectivity index (χ0v) is 16.2. The Bertz CT molecular complexity index is 713. The first kappa shape index (κ1) is 19.4. The number of benzene rings is 1. The summed E-state index contributed by atoms with van der Waals surface area (Å²) in [6, 6.07) is 9.36. The van der Waals surface area contributed by atoms with Gasteiger partial charge in [0.25, 0.3) is 11.8 Å². The smallest absolute Gasteiger partial charge is 0.322 e. The maximum Gasteiger partial charge on any atom is 0.344 e. The molecule has 4 amide bonds. The van der Waals surface area contributed by atoms with Crippen LogP contribution >= 0.6 is 0 Å². The zero-order valence-electron chi connectivity index (χ0n) is 16.2. The molecule has 1 aromatic carbocycles. The van der Waals surface area contributed by atoms with Crippen molar-refractivity contribution < 1.29 is 14.4 Å². The van der Waals surface area contributed by atoms with Crippen molar-refractivity contribution >= 4 is 17.8 Å². The van der Waals surface area contributed by atoms with Gasteiger partial charge in [0.05, 0.1) is 6.54 Å². The Morgan fingerprint density at radius 3 is 2.56 bits per heavy atom. The molecule has 1 heterocycles. The Balaban J connectivity index is 1.59. The van der Waals surface area contributed by atoms with Gasteiger partial charge in [-0.25, -0.2) is 4.79 Å². The molecule has 0 radical (unpaired) electrons. The molecular formula is C20H28N4O3. The molecule has 0 bridgehead atoms. The summed E-state index contributed by atoms with van der Waals surface area (Å²) in [4.78, 5) is 39.4. The van der Waals surface area contributed by atoms with Gasteiger partial charge in [0.15, 0.2) is 0 Å². The number of urea groups is 1. The molecule has 0 unspecified atom stereocenters. The van der Waals surface area contributed by atoms with E-state index in [9.17, 15) is 14.4 Å². The third kappa shape index (κ3) is 3.98. The van der Waals surface area contributed by atoms with Crippen molar-refractivity contribution in [3.05, 3.63) is 35.9 Å². The molecule has 2 N–H and O–H groups in total. The molecule has 1 spiro atoms. The molecule has 27 heavy (non-hydrogen) atoms. The maximum absolute atomic E-state index is 12.8. The Morgan fingerprint density at radius 1 is 1.30 bits per heavy atom. The van der Waals surface area contributed by atoms with Crippen molar-refractivity contribution in [2.24, 2.45) is 5.92 Å². The quantitative estimate of drug-likeness (QED) is 0.777. The maximum atomic E-state index is 12.8. The molecule has 3 rings (SSSR count).